The number of esters is 1. The molecule has 1 amide bonds. The highest BCUT2D eigenvalue weighted by Gasteiger charge is 2.67. The number of nitrogens with zero attached hydrogens (tertiary/aromatic N) is 5. The van der Waals surface area contributed by atoms with Crippen LogP contribution in [0.4, 0.5) is 28.2 Å². The van der Waals surface area contributed by atoms with E-state index in [-0.39, 0.29) is 41.5 Å². The monoisotopic (exact) mass is 630 g/mol. The van der Waals surface area contributed by atoms with Gasteiger partial charge in [0.25, 0.3) is 0 Å². The lowest BCUT2D eigenvalue weighted by molar-refractivity contribution is -0.146. The molecule has 3 fully saturated rings. The fourth-order valence-corrected chi connectivity index (χ4v) is 6.68. The van der Waals surface area contributed by atoms with Crippen molar-refractivity contribution < 1.29 is 36.6 Å². The van der Waals surface area contributed by atoms with Crippen LogP contribution in [0.3, 0.4) is 0 Å². The first kappa shape index (κ1) is 30.8. The van der Waals surface area contributed by atoms with Gasteiger partial charge in [0.05, 0.1) is 41.2 Å². The van der Waals surface area contributed by atoms with E-state index in [1.165, 1.54) is 16.7 Å². The predicted octanol–water partition coefficient (Wildman–Crippen LogP) is 6.03. The summed E-state index contributed by atoms with van der Waals surface area (Å²) in [5.74, 6) is -2.77. The standard InChI is InChI=1S/C31H34F4N6O4/c1-12(2)23-20-25(18-16-11-40(29(43)45-30(4,5)6)27(19(16)18)28(42)44-7)39-41(14-8-9-14)26(20)22(32)24(38-23)15-10-17(36)37-13(3)21(15)31(33,34)35/h10,14,16,18-19,27H,1,8-9,11H2,2-7H3,(H2,36,37)/t16-,18-,19-,27+/m1/s1. The number of hydrogen-bond acceptors (Lipinski definition) is 8. The number of methoxy groups -OCH3 is 1. The van der Waals surface area contributed by atoms with E-state index in [4.69, 9.17) is 20.3 Å². The Labute approximate surface area is 256 Å². The number of aromatic nitrogens is 4. The van der Waals surface area contributed by atoms with Gasteiger partial charge in [-0.25, -0.2) is 23.9 Å². The molecular weight excluding hydrogens is 596 g/mol. The summed E-state index contributed by atoms with van der Waals surface area (Å²) < 4.78 is 71.7. The highest BCUT2D eigenvalue weighted by Crippen LogP contribution is 2.63. The highest BCUT2D eigenvalue weighted by molar-refractivity contribution is 5.96. The Kier molecular flexibility index (Phi) is 6.94. The van der Waals surface area contributed by atoms with Crippen molar-refractivity contribution in [3.05, 3.63) is 41.1 Å². The summed E-state index contributed by atoms with van der Waals surface area (Å²) in [7, 11) is 1.24. The minimum Gasteiger partial charge on any atom is -0.467 e. The normalized spacial score (nSPS) is 22.8. The van der Waals surface area contributed by atoms with Gasteiger partial charge in [0.2, 0.25) is 0 Å². The molecular formula is C31H34F4N6O4. The molecule has 2 aliphatic carbocycles. The minimum atomic E-state index is -4.86. The van der Waals surface area contributed by atoms with Crippen LogP contribution in [-0.4, -0.2) is 62.0 Å². The number of aryl methyl sites for hydroxylation is 1. The Morgan fingerprint density at radius 2 is 1.82 bits per heavy atom. The number of halogens is 4. The smallest absolute Gasteiger partial charge is 0.418 e. The van der Waals surface area contributed by atoms with Crippen molar-refractivity contribution in [2.45, 2.75) is 77.2 Å². The van der Waals surface area contributed by atoms with Crippen molar-refractivity contribution in [1.82, 2.24) is 24.6 Å². The van der Waals surface area contributed by atoms with Gasteiger partial charge < -0.3 is 15.2 Å². The SMILES string of the molecule is C=C(C)c1nc(-c2cc(N)nc(C)c2C(F)(F)F)c(F)c2c1c([C@@H]1[C@H]3CN(C(=O)OC(C)(C)C)[C@H](C(=O)OC)[C@H]31)nn2C1CC1. The van der Waals surface area contributed by atoms with Crippen LogP contribution in [0.5, 0.6) is 0 Å². The Balaban J connectivity index is 1.52. The van der Waals surface area contributed by atoms with Crippen LogP contribution < -0.4 is 5.73 Å². The zero-order chi connectivity index (χ0) is 32.9. The molecule has 2 saturated carbocycles. The lowest BCUT2D eigenvalue weighted by Crippen LogP contribution is -2.46. The largest absolute Gasteiger partial charge is 0.467 e. The van der Waals surface area contributed by atoms with Gasteiger partial charge in [-0.05, 0) is 65.0 Å². The number of carbonyl (C=O) groups excluding carboxylic acids is 2. The molecule has 4 atom stereocenters. The third-order valence-corrected chi connectivity index (χ3v) is 8.59. The molecule has 1 saturated heterocycles. The molecule has 3 aliphatic rings. The number of anilines is 1. The van der Waals surface area contributed by atoms with Crippen LogP contribution in [-0.2, 0) is 20.4 Å². The van der Waals surface area contributed by atoms with E-state index >= 15 is 4.39 Å². The number of fused-ring (bicyclic) bond motifs is 2. The molecule has 0 bridgehead atoms. The highest BCUT2D eigenvalue weighted by atomic mass is 19.4. The Morgan fingerprint density at radius 3 is 2.38 bits per heavy atom. The van der Waals surface area contributed by atoms with Crippen molar-refractivity contribution in [3.8, 4) is 11.3 Å². The van der Waals surface area contributed by atoms with Crippen LogP contribution in [0.25, 0.3) is 27.7 Å². The zero-order valence-corrected chi connectivity index (χ0v) is 25.8. The van der Waals surface area contributed by atoms with Gasteiger partial charge in [-0.3, -0.25) is 9.58 Å². The average molecular weight is 631 g/mol. The lowest BCUT2D eigenvalue weighted by atomic mass is 9.98. The fraction of sp³-hybridized carbons (Fsp3) is 0.516. The maximum absolute atomic E-state index is 16.7. The van der Waals surface area contributed by atoms with E-state index in [0.717, 1.165) is 13.0 Å². The van der Waals surface area contributed by atoms with E-state index in [1.54, 1.807) is 27.7 Å². The van der Waals surface area contributed by atoms with Crippen LogP contribution in [0.2, 0.25) is 0 Å². The van der Waals surface area contributed by atoms with Crippen molar-refractivity contribution in [1.29, 1.82) is 0 Å². The van der Waals surface area contributed by atoms with Crippen LogP contribution >= 0.6 is 0 Å². The molecule has 6 rings (SSSR count). The summed E-state index contributed by atoms with van der Waals surface area (Å²) in [6.07, 6.45) is -4.09. The molecule has 45 heavy (non-hydrogen) atoms. The quantitative estimate of drug-likeness (QED) is 0.268. The van der Waals surface area contributed by atoms with Crippen molar-refractivity contribution >= 4 is 34.4 Å². The molecule has 2 N–H and O–H groups in total. The van der Waals surface area contributed by atoms with E-state index < -0.39 is 64.1 Å². The van der Waals surface area contributed by atoms with Gasteiger partial charge in [-0.15, -0.1) is 0 Å². The summed E-state index contributed by atoms with van der Waals surface area (Å²) >= 11 is 0. The van der Waals surface area contributed by atoms with Gasteiger partial charge >= 0.3 is 18.2 Å². The molecule has 4 heterocycles. The molecule has 0 spiro atoms. The van der Waals surface area contributed by atoms with E-state index in [9.17, 15) is 22.8 Å². The maximum atomic E-state index is 16.7. The van der Waals surface area contributed by atoms with Gasteiger partial charge in [-0.1, -0.05) is 6.58 Å². The summed E-state index contributed by atoms with van der Waals surface area (Å²) in [5.41, 5.74) is 3.51. The second-order valence-corrected chi connectivity index (χ2v) is 13.1. The number of carbonyl (C=O) groups is 2. The summed E-state index contributed by atoms with van der Waals surface area (Å²) in [5, 5.41) is 5.17. The van der Waals surface area contributed by atoms with Crippen molar-refractivity contribution in [3.63, 3.8) is 0 Å². The molecule has 1 aliphatic heterocycles. The summed E-state index contributed by atoms with van der Waals surface area (Å²) in [6, 6.07) is -0.141. The Morgan fingerprint density at radius 1 is 1.16 bits per heavy atom. The Hall–Kier alpha value is -4.23. The van der Waals surface area contributed by atoms with E-state index in [0.29, 0.717) is 29.5 Å². The number of nitrogens with two attached hydrogens (primary N) is 1. The number of alkyl halides is 3. The molecule has 3 aromatic rings. The molecule has 0 unspecified atom stereocenters. The lowest BCUT2D eigenvalue weighted by Gasteiger charge is -2.30. The molecule has 0 aromatic carbocycles. The first-order chi connectivity index (χ1) is 20.9. The second-order valence-electron chi connectivity index (χ2n) is 13.1. The second kappa shape index (κ2) is 10.1. The van der Waals surface area contributed by atoms with Gasteiger partial charge in [-0.2, -0.15) is 18.3 Å². The van der Waals surface area contributed by atoms with Crippen LogP contribution in [0.1, 0.15) is 75.1 Å². The number of nitrogen functional groups attached to an aromatic ring is 1. The summed E-state index contributed by atoms with van der Waals surface area (Å²) in [6.45, 7) is 12.2. The van der Waals surface area contributed by atoms with Gasteiger partial charge in [0.1, 0.15) is 28.7 Å². The first-order valence-corrected chi connectivity index (χ1v) is 14.6. The fourth-order valence-electron chi connectivity index (χ4n) is 6.68. The number of pyridine rings is 2. The minimum absolute atomic E-state index is 0.0141. The number of likely N-dealkylation sites (tertiary alicyclic amines) is 1. The molecule has 240 valence electrons. The third-order valence-electron chi connectivity index (χ3n) is 8.59. The van der Waals surface area contributed by atoms with Crippen molar-refractivity contribution in [2.75, 3.05) is 19.4 Å². The molecule has 3 aromatic heterocycles. The molecule has 14 heteroatoms. The zero-order valence-electron chi connectivity index (χ0n) is 25.8. The van der Waals surface area contributed by atoms with E-state index in [1.807, 2.05) is 0 Å². The van der Waals surface area contributed by atoms with Crippen LogP contribution in [0.15, 0.2) is 12.6 Å². The molecule has 0 radical (unpaired) electrons. The average Bonchev–Trinajstić information content (AvgIpc) is 3.81. The number of ether oxygens (including phenoxy) is 2. The predicted molar refractivity (Wildman–Crippen MR) is 156 cm³/mol. The molecule has 10 nitrogen and oxygen atoms in total. The third kappa shape index (κ3) is 5.07. The number of amides is 1. The topological polar surface area (TPSA) is 125 Å². The number of piperidine rings is 1. The summed E-state index contributed by atoms with van der Waals surface area (Å²) in [4.78, 5) is 35.6. The first-order valence-electron chi connectivity index (χ1n) is 14.6. The van der Waals surface area contributed by atoms with Crippen molar-refractivity contribution in [2.24, 2.45) is 11.8 Å². The number of allylic oxidation sites excluding steroid dienone is 1. The van der Waals surface area contributed by atoms with E-state index in [2.05, 4.69) is 16.5 Å². The maximum Gasteiger partial charge on any atom is 0.418 e. The van der Waals surface area contributed by atoms with Gasteiger partial charge in [0.15, 0.2) is 5.82 Å². The van der Waals surface area contributed by atoms with Gasteiger partial charge in [0, 0.05) is 23.9 Å². The van der Waals surface area contributed by atoms with Crippen LogP contribution in [0, 0.1) is 24.6 Å². The Bertz CT molecular complexity index is 1770. The number of rotatable bonds is 5. The number of hydrogen-bond donors (Lipinski definition) is 1.